The average Bonchev–Trinajstić information content (AvgIpc) is 2.57. The van der Waals surface area contributed by atoms with Crippen molar-refractivity contribution in [2.45, 2.75) is 6.92 Å². The van der Waals surface area contributed by atoms with Gasteiger partial charge >= 0.3 is 0 Å². The summed E-state index contributed by atoms with van der Waals surface area (Å²) in [6.45, 7) is 1.95. The highest BCUT2D eigenvalue weighted by atomic mass is 31.0. The maximum absolute atomic E-state index is 5.77. The molecule has 0 fully saturated rings. The van der Waals surface area contributed by atoms with Gasteiger partial charge < -0.3 is 10.3 Å². The van der Waals surface area contributed by atoms with E-state index in [1.54, 1.807) is 0 Å². The van der Waals surface area contributed by atoms with E-state index in [4.69, 9.17) is 10.3 Å². The van der Waals surface area contributed by atoms with Crippen LogP contribution in [0.1, 0.15) is 5.56 Å². The standard InChI is InChI=1S/C9H10N3OP/c1-5-2-3-6(4-7(5)10)8-11-9(14)13-12-8/h2-4H,10,14H2,1H3. The summed E-state index contributed by atoms with van der Waals surface area (Å²) in [7, 11) is 2.35. The third-order valence-electron chi connectivity index (χ3n) is 1.98. The number of nitrogens with zero attached hydrogens (tertiary/aromatic N) is 2. The Morgan fingerprint density at radius 3 is 2.79 bits per heavy atom. The first kappa shape index (κ1) is 9.16. The molecule has 0 aliphatic carbocycles. The second-order valence-electron chi connectivity index (χ2n) is 3.03. The van der Waals surface area contributed by atoms with Gasteiger partial charge in [0.05, 0.1) is 0 Å². The average molecular weight is 207 g/mol. The lowest BCUT2D eigenvalue weighted by atomic mass is 10.1. The van der Waals surface area contributed by atoms with Crippen LogP contribution in [0.2, 0.25) is 0 Å². The van der Waals surface area contributed by atoms with E-state index in [9.17, 15) is 0 Å². The third-order valence-corrected chi connectivity index (χ3v) is 2.21. The molecule has 5 heteroatoms. The normalized spacial score (nSPS) is 10.4. The Hall–Kier alpha value is -1.41. The molecule has 14 heavy (non-hydrogen) atoms. The summed E-state index contributed by atoms with van der Waals surface area (Å²) in [6, 6.07) is 5.69. The van der Waals surface area contributed by atoms with E-state index < -0.39 is 0 Å². The van der Waals surface area contributed by atoms with Crippen molar-refractivity contribution in [2.75, 3.05) is 5.73 Å². The Labute approximate surface area is 83.7 Å². The van der Waals surface area contributed by atoms with Crippen molar-refractivity contribution >= 4 is 20.6 Å². The van der Waals surface area contributed by atoms with E-state index in [1.807, 2.05) is 25.1 Å². The minimum absolute atomic E-state index is 0.471. The number of hydrogen-bond donors (Lipinski definition) is 1. The summed E-state index contributed by atoms with van der Waals surface area (Å²) in [5.74, 6) is 0.557. The highest BCUT2D eigenvalue weighted by Gasteiger charge is 2.06. The van der Waals surface area contributed by atoms with E-state index in [1.165, 1.54) is 0 Å². The van der Waals surface area contributed by atoms with Gasteiger partial charge in [0, 0.05) is 11.3 Å². The first-order valence-corrected chi connectivity index (χ1v) is 4.70. The molecule has 0 saturated heterocycles. The van der Waals surface area contributed by atoms with Gasteiger partial charge in [-0.05, 0) is 27.8 Å². The highest BCUT2D eigenvalue weighted by Crippen LogP contribution is 2.20. The summed E-state index contributed by atoms with van der Waals surface area (Å²) in [5.41, 5.74) is 8.89. The molecule has 0 amide bonds. The maximum Gasteiger partial charge on any atom is 0.241 e. The van der Waals surface area contributed by atoms with Crippen LogP contribution < -0.4 is 11.4 Å². The van der Waals surface area contributed by atoms with Crippen LogP contribution in [0.25, 0.3) is 11.4 Å². The summed E-state index contributed by atoms with van der Waals surface area (Å²) in [4.78, 5) is 4.08. The van der Waals surface area contributed by atoms with Crippen LogP contribution >= 0.6 is 9.24 Å². The molecule has 4 nitrogen and oxygen atoms in total. The molecule has 1 aromatic heterocycles. The van der Waals surface area contributed by atoms with E-state index in [0.717, 1.165) is 16.8 Å². The summed E-state index contributed by atoms with van der Waals surface area (Å²) in [5, 5.41) is 3.79. The molecule has 0 aliphatic heterocycles. The van der Waals surface area contributed by atoms with Gasteiger partial charge in [0.1, 0.15) is 0 Å². The third kappa shape index (κ3) is 1.61. The van der Waals surface area contributed by atoms with Crippen LogP contribution in [0.4, 0.5) is 5.69 Å². The zero-order valence-electron chi connectivity index (χ0n) is 7.69. The Kier molecular flexibility index (Phi) is 2.22. The molecular formula is C9H10N3OP. The number of aryl methyl sites for hydroxylation is 1. The number of nitrogens with two attached hydrogens (primary N) is 1. The smallest absolute Gasteiger partial charge is 0.241 e. The topological polar surface area (TPSA) is 64.9 Å². The van der Waals surface area contributed by atoms with Crippen LogP contribution in [0.3, 0.4) is 0 Å². The number of hydrogen-bond acceptors (Lipinski definition) is 4. The van der Waals surface area contributed by atoms with Gasteiger partial charge in [-0.3, -0.25) is 0 Å². The van der Waals surface area contributed by atoms with Crippen molar-refractivity contribution in [1.29, 1.82) is 0 Å². The number of anilines is 1. The summed E-state index contributed by atoms with van der Waals surface area (Å²) in [6.07, 6.45) is 0. The van der Waals surface area contributed by atoms with Crippen LogP contribution in [0, 0.1) is 6.92 Å². The largest absolute Gasteiger partial charge is 0.398 e. The predicted molar refractivity (Wildman–Crippen MR) is 58.2 cm³/mol. The molecule has 1 aromatic carbocycles. The van der Waals surface area contributed by atoms with Crippen molar-refractivity contribution in [2.24, 2.45) is 0 Å². The number of nitrogen functional groups attached to an aromatic ring is 1. The van der Waals surface area contributed by atoms with Crippen molar-refractivity contribution in [3.8, 4) is 11.4 Å². The second kappa shape index (κ2) is 3.39. The fourth-order valence-electron chi connectivity index (χ4n) is 1.13. The highest BCUT2D eigenvalue weighted by molar-refractivity contribution is 7.26. The summed E-state index contributed by atoms with van der Waals surface area (Å²) >= 11 is 0. The number of aromatic nitrogens is 2. The molecule has 1 atom stereocenters. The van der Waals surface area contributed by atoms with Crippen LogP contribution in [-0.2, 0) is 0 Å². The molecule has 1 heterocycles. The molecule has 2 aromatic rings. The molecule has 72 valence electrons. The van der Waals surface area contributed by atoms with Gasteiger partial charge in [-0.1, -0.05) is 17.3 Å². The van der Waals surface area contributed by atoms with Gasteiger partial charge in [0.2, 0.25) is 11.5 Å². The zero-order valence-corrected chi connectivity index (χ0v) is 8.84. The Morgan fingerprint density at radius 1 is 1.43 bits per heavy atom. The fourth-order valence-corrected chi connectivity index (χ4v) is 1.31. The minimum atomic E-state index is 0.471. The van der Waals surface area contributed by atoms with Crippen LogP contribution in [0.5, 0.6) is 0 Å². The molecule has 0 aliphatic rings. The monoisotopic (exact) mass is 207 g/mol. The molecule has 0 saturated carbocycles. The molecule has 0 radical (unpaired) electrons. The van der Waals surface area contributed by atoms with Crippen LogP contribution in [-0.4, -0.2) is 10.1 Å². The number of benzene rings is 1. The number of rotatable bonds is 1. The first-order valence-electron chi connectivity index (χ1n) is 4.12. The summed E-state index contributed by atoms with van der Waals surface area (Å²) < 4.78 is 4.85. The SMILES string of the molecule is Cc1ccc(-c2noc(P)n2)cc1N. The van der Waals surface area contributed by atoms with Crippen molar-refractivity contribution in [3.05, 3.63) is 23.8 Å². The lowest BCUT2D eigenvalue weighted by Gasteiger charge is -2.00. The van der Waals surface area contributed by atoms with Gasteiger partial charge in [0.25, 0.3) is 0 Å². The van der Waals surface area contributed by atoms with Crippen LogP contribution in [0.15, 0.2) is 22.7 Å². The lowest BCUT2D eigenvalue weighted by molar-refractivity contribution is 0.449. The Balaban J connectivity index is 2.47. The van der Waals surface area contributed by atoms with E-state index in [2.05, 4.69) is 19.4 Å². The first-order chi connectivity index (χ1) is 6.66. The van der Waals surface area contributed by atoms with Gasteiger partial charge in [0.15, 0.2) is 0 Å². The predicted octanol–water partition coefficient (Wildman–Crippen LogP) is 1.13. The molecular weight excluding hydrogens is 197 g/mol. The Morgan fingerprint density at radius 2 is 2.21 bits per heavy atom. The molecule has 2 N–H and O–H groups in total. The maximum atomic E-state index is 5.77. The molecule has 0 spiro atoms. The quantitative estimate of drug-likeness (QED) is 0.562. The van der Waals surface area contributed by atoms with Crippen molar-refractivity contribution in [3.63, 3.8) is 0 Å². The van der Waals surface area contributed by atoms with Gasteiger partial charge in [-0.15, -0.1) is 0 Å². The zero-order chi connectivity index (χ0) is 10.1. The second-order valence-corrected chi connectivity index (χ2v) is 3.52. The minimum Gasteiger partial charge on any atom is -0.398 e. The van der Waals surface area contributed by atoms with E-state index >= 15 is 0 Å². The van der Waals surface area contributed by atoms with E-state index in [0.29, 0.717) is 11.5 Å². The molecule has 0 bridgehead atoms. The van der Waals surface area contributed by atoms with Crippen molar-refractivity contribution < 1.29 is 4.52 Å². The van der Waals surface area contributed by atoms with Gasteiger partial charge in [-0.2, -0.15) is 4.98 Å². The molecule has 2 rings (SSSR count). The fraction of sp³-hybridized carbons (Fsp3) is 0.111. The lowest BCUT2D eigenvalue weighted by Crippen LogP contribution is -1.92. The van der Waals surface area contributed by atoms with Gasteiger partial charge in [-0.25, -0.2) is 0 Å². The van der Waals surface area contributed by atoms with E-state index in [-0.39, 0.29) is 0 Å². The van der Waals surface area contributed by atoms with Crippen molar-refractivity contribution in [1.82, 2.24) is 10.1 Å². The molecule has 1 unspecified atom stereocenters. The Bertz CT molecular complexity index is 467.